The highest BCUT2D eigenvalue weighted by Crippen LogP contribution is 2.40. The maximum Gasteiger partial charge on any atom is 0.197 e. The summed E-state index contributed by atoms with van der Waals surface area (Å²) >= 11 is 1.43. The standard InChI is InChI=1S/C25H21N3O4S/c1-28-11-7-16(8-12-28)22-18(29)13-19(30)23-20(31)14-21(32-24(22)23)15-3-5-17(6-4-15)33-25-26-9-2-10-27-25/h2-7,9-10,13-14,29-30H,8,11-12H2,1H3. The van der Waals surface area contributed by atoms with Crippen LogP contribution in [0, 0.1) is 0 Å². The summed E-state index contributed by atoms with van der Waals surface area (Å²) in [6.45, 7) is 1.55. The molecule has 5 rings (SSSR count). The molecule has 0 bridgehead atoms. The van der Waals surface area contributed by atoms with E-state index < -0.39 is 0 Å². The van der Waals surface area contributed by atoms with E-state index in [0.29, 0.717) is 28.5 Å². The number of hydrogen-bond acceptors (Lipinski definition) is 8. The molecule has 166 valence electrons. The second kappa shape index (κ2) is 8.73. The topological polar surface area (TPSA) is 99.7 Å². The summed E-state index contributed by atoms with van der Waals surface area (Å²) in [6, 6.07) is 11.9. The molecule has 0 fully saturated rings. The lowest BCUT2D eigenvalue weighted by molar-refractivity contribution is 0.369. The molecular formula is C25H21N3O4S. The van der Waals surface area contributed by atoms with Crippen molar-refractivity contribution in [3.8, 4) is 22.8 Å². The lowest BCUT2D eigenvalue weighted by atomic mass is 9.96. The van der Waals surface area contributed by atoms with E-state index in [9.17, 15) is 15.0 Å². The number of benzene rings is 2. The highest BCUT2D eigenvalue weighted by molar-refractivity contribution is 7.99. The molecule has 0 unspecified atom stereocenters. The number of phenolic OH excluding ortho intramolecular Hbond substituents is 2. The van der Waals surface area contributed by atoms with Crippen molar-refractivity contribution in [1.29, 1.82) is 0 Å². The van der Waals surface area contributed by atoms with Gasteiger partial charge in [-0.25, -0.2) is 9.97 Å². The Morgan fingerprint density at radius 3 is 2.52 bits per heavy atom. The Kier molecular flexibility index (Phi) is 5.62. The van der Waals surface area contributed by atoms with E-state index in [0.717, 1.165) is 23.6 Å². The predicted octanol–water partition coefficient (Wildman–Crippen LogP) is 4.53. The molecular weight excluding hydrogens is 438 g/mol. The third-order valence-electron chi connectivity index (χ3n) is 5.58. The first-order valence-corrected chi connectivity index (χ1v) is 11.3. The van der Waals surface area contributed by atoms with Crippen LogP contribution in [0.1, 0.15) is 12.0 Å². The van der Waals surface area contributed by atoms with Crippen molar-refractivity contribution in [1.82, 2.24) is 14.9 Å². The summed E-state index contributed by atoms with van der Waals surface area (Å²) in [5, 5.41) is 21.7. The summed E-state index contributed by atoms with van der Waals surface area (Å²) in [7, 11) is 2.02. The van der Waals surface area contributed by atoms with Crippen molar-refractivity contribution in [3.05, 3.63) is 76.7 Å². The summed E-state index contributed by atoms with van der Waals surface area (Å²) < 4.78 is 6.15. The maximum absolute atomic E-state index is 13.0. The molecule has 1 aliphatic heterocycles. The molecule has 7 nitrogen and oxygen atoms in total. The van der Waals surface area contributed by atoms with Gasteiger partial charge in [-0.3, -0.25) is 4.79 Å². The molecule has 8 heteroatoms. The van der Waals surface area contributed by atoms with E-state index in [4.69, 9.17) is 4.42 Å². The van der Waals surface area contributed by atoms with Gasteiger partial charge in [0, 0.05) is 48.1 Å². The lowest BCUT2D eigenvalue weighted by Gasteiger charge is -2.23. The second-order valence-electron chi connectivity index (χ2n) is 7.87. The van der Waals surface area contributed by atoms with Crippen LogP contribution in [0.2, 0.25) is 0 Å². The zero-order valence-electron chi connectivity index (χ0n) is 17.9. The van der Waals surface area contributed by atoms with E-state index in [-0.39, 0.29) is 27.9 Å². The maximum atomic E-state index is 13.0. The average molecular weight is 460 g/mol. The summed E-state index contributed by atoms with van der Waals surface area (Å²) in [6.07, 6.45) is 6.09. The monoisotopic (exact) mass is 459 g/mol. The first-order valence-electron chi connectivity index (χ1n) is 10.5. The van der Waals surface area contributed by atoms with Crippen LogP contribution >= 0.6 is 11.8 Å². The molecule has 0 radical (unpaired) electrons. The molecule has 0 saturated heterocycles. The van der Waals surface area contributed by atoms with Gasteiger partial charge < -0.3 is 19.5 Å². The van der Waals surface area contributed by atoms with Crippen LogP contribution in [0.25, 0.3) is 27.9 Å². The Hall–Kier alpha value is -3.62. The average Bonchev–Trinajstić information content (AvgIpc) is 2.81. The SMILES string of the molecule is CN1CC=C(c2c(O)cc(O)c3c(=O)cc(-c4ccc(Sc5ncccn5)cc4)oc23)CC1. The van der Waals surface area contributed by atoms with E-state index >= 15 is 0 Å². The van der Waals surface area contributed by atoms with Crippen LogP contribution in [0.15, 0.2) is 80.2 Å². The van der Waals surface area contributed by atoms with Crippen LogP contribution < -0.4 is 5.43 Å². The van der Waals surface area contributed by atoms with Gasteiger partial charge in [-0.2, -0.15) is 0 Å². The van der Waals surface area contributed by atoms with E-state index in [1.807, 2.05) is 37.4 Å². The van der Waals surface area contributed by atoms with E-state index in [1.165, 1.54) is 23.9 Å². The van der Waals surface area contributed by atoms with Crippen LogP contribution in [0.4, 0.5) is 0 Å². The number of fused-ring (bicyclic) bond motifs is 1. The molecule has 33 heavy (non-hydrogen) atoms. The van der Waals surface area contributed by atoms with Gasteiger partial charge in [0.15, 0.2) is 16.2 Å². The van der Waals surface area contributed by atoms with Crippen LogP contribution in [0.5, 0.6) is 11.5 Å². The smallest absolute Gasteiger partial charge is 0.197 e. The predicted molar refractivity (Wildman–Crippen MR) is 127 cm³/mol. The summed E-state index contributed by atoms with van der Waals surface area (Å²) in [5.41, 5.74) is 1.89. The van der Waals surface area contributed by atoms with Crippen molar-refractivity contribution in [2.45, 2.75) is 16.5 Å². The normalized spacial score (nSPS) is 14.4. The Morgan fingerprint density at radius 2 is 1.82 bits per heavy atom. The largest absolute Gasteiger partial charge is 0.507 e. The highest BCUT2D eigenvalue weighted by Gasteiger charge is 2.22. The number of aromatic nitrogens is 2. The zero-order valence-corrected chi connectivity index (χ0v) is 18.7. The molecule has 2 aromatic heterocycles. The van der Waals surface area contributed by atoms with Gasteiger partial charge in [-0.05, 0) is 49.0 Å². The molecule has 0 atom stereocenters. The van der Waals surface area contributed by atoms with Crippen molar-refractivity contribution < 1.29 is 14.6 Å². The van der Waals surface area contributed by atoms with Gasteiger partial charge in [0.2, 0.25) is 0 Å². The Balaban J connectivity index is 1.58. The van der Waals surface area contributed by atoms with Crippen molar-refractivity contribution in [2.75, 3.05) is 20.1 Å². The van der Waals surface area contributed by atoms with E-state index in [1.54, 1.807) is 18.5 Å². The van der Waals surface area contributed by atoms with Crippen molar-refractivity contribution >= 4 is 28.3 Å². The molecule has 0 saturated carbocycles. The summed E-state index contributed by atoms with van der Waals surface area (Å²) in [5.74, 6) is -0.0415. The van der Waals surface area contributed by atoms with E-state index in [2.05, 4.69) is 14.9 Å². The first-order chi connectivity index (χ1) is 16.0. The fraction of sp³-hybridized carbons (Fsp3) is 0.160. The fourth-order valence-electron chi connectivity index (χ4n) is 3.88. The van der Waals surface area contributed by atoms with Gasteiger partial charge >= 0.3 is 0 Å². The number of nitrogens with zero attached hydrogens (tertiary/aromatic N) is 3. The van der Waals surface area contributed by atoms with Crippen LogP contribution in [0.3, 0.4) is 0 Å². The van der Waals surface area contributed by atoms with Gasteiger partial charge in [0.1, 0.15) is 22.6 Å². The molecule has 0 amide bonds. The van der Waals surface area contributed by atoms with Gasteiger partial charge in [-0.15, -0.1) is 0 Å². The second-order valence-corrected chi connectivity index (χ2v) is 8.91. The zero-order chi connectivity index (χ0) is 22.9. The number of likely N-dealkylation sites (N-methyl/N-ethyl adjacent to an activating group) is 1. The molecule has 2 aromatic carbocycles. The van der Waals surface area contributed by atoms with Gasteiger partial charge in [0.25, 0.3) is 0 Å². The first kappa shape index (κ1) is 21.2. The number of phenols is 2. The summed E-state index contributed by atoms with van der Waals surface area (Å²) in [4.78, 5) is 24.5. The van der Waals surface area contributed by atoms with Crippen LogP contribution in [-0.2, 0) is 0 Å². The van der Waals surface area contributed by atoms with Crippen molar-refractivity contribution in [3.63, 3.8) is 0 Å². The van der Waals surface area contributed by atoms with Crippen molar-refractivity contribution in [2.24, 2.45) is 0 Å². The Bertz CT molecular complexity index is 1420. The minimum absolute atomic E-state index is 0.0692. The van der Waals surface area contributed by atoms with Crippen LogP contribution in [-0.4, -0.2) is 45.2 Å². The number of hydrogen-bond donors (Lipinski definition) is 2. The molecule has 1 aliphatic rings. The molecule has 3 heterocycles. The fourth-order valence-corrected chi connectivity index (χ4v) is 4.59. The highest BCUT2D eigenvalue weighted by atomic mass is 32.2. The minimum atomic E-state index is -0.366. The van der Waals surface area contributed by atoms with Gasteiger partial charge in [-0.1, -0.05) is 18.2 Å². The Morgan fingerprint density at radius 1 is 1.06 bits per heavy atom. The quantitative estimate of drug-likeness (QED) is 0.430. The molecule has 2 N–H and O–H groups in total. The van der Waals surface area contributed by atoms with Gasteiger partial charge in [0.05, 0.1) is 5.56 Å². The molecule has 0 aliphatic carbocycles. The number of aromatic hydroxyl groups is 2. The minimum Gasteiger partial charge on any atom is -0.507 e. The molecule has 0 spiro atoms. The third kappa shape index (κ3) is 4.22. The number of rotatable bonds is 4. The lowest BCUT2D eigenvalue weighted by Crippen LogP contribution is -2.23. The Labute approximate surface area is 194 Å². The third-order valence-corrected chi connectivity index (χ3v) is 6.49. The molecule has 4 aromatic rings.